The van der Waals surface area contributed by atoms with Gasteiger partial charge in [-0.1, -0.05) is 13.3 Å². The summed E-state index contributed by atoms with van der Waals surface area (Å²) in [7, 11) is 1.62. The molecule has 1 heterocycles. The van der Waals surface area contributed by atoms with Crippen molar-refractivity contribution < 1.29 is 23.8 Å². The number of rotatable bonds is 10. The number of carbonyl (C=O) groups is 2. The van der Waals surface area contributed by atoms with Gasteiger partial charge in [-0.3, -0.25) is 9.59 Å². The number of carbonyl (C=O) groups excluding carboxylic acids is 2. The Kier molecular flexibility index (Phi) is 7.54. The molecule has 7 nitrogen and oxygen atoms in total. The van der Waals surface area contributed by atoms with E-state index in [1.54, 1.807) is 30.2 Å². The van der Waals surface area contributed by atoms with Gasteiger partial charge in [0.05, 0.1) is 19.4 Å². The lowest BCUT2D eigenvalue weighted by atomic mass is 10.2. The fraction of sp³-hybridized carbons (Fsp3) is 0.391. The first kappa shape index (κ1) is 21.5. The van der Waals surface area contributed by atoms with Crippen molar-refractivity contribution in [1.29, 1.82) is 0 Å². The van der Waals surface area contributed by atoms with Crippen molar-refractivity contribution in [1.82, 2.24) is 0 Å². The van der Waals surface area contributed by atoms with Crippen LogP contribution >= 0.6 is 0 Å². The van der Waals surface area contributed by atoms with Gasteiger partial charge < -0.3 is 24.4 Å². The van der Waals surface area contributed by atoms with Gasteiger partial charge in [-0.25, -0.2) is 0 Å². The maximum absolute atomic E-state index is 12.3. The summed E-state index contributed by atoms with van der Waals surface area (Å²) in [5.74, 6) is 2.01. The lowest BCUT2D eigenvalue weighted by molar-refractivity contribution is -0.121. The Bertz CT molecular complexity index is 866. The monoisotopic (exact) mass is 412 g/mol. The highest BCUT2D eigenvalue weighted by molar-refractivity contribution is 5.99. The summed E-state index contributed by atoms with van der Waals surface area (Å²) in [6, 6.07) is 12.7. The third-order valence-electron chi connectivity index (χ3n) is 4.80. The van der Waals surface area contributed by atoms with Gasteiger partial charge >= 0.3 is 0 Å². The number of hydrogen-bond donors (Lipinski definition) is 1. The van der Waals surface area contributed by atoms with Crippen LogP contribution in [0.2, 0.25) is 0 Å². The van der Waals surface area contributed by atoms with Crippen LogP contribution in [-0.2, 0) is 9.59 Å². The third-order valence-corrected chi connectivity index (χ3v) is 4.80. The molecule has 0 bridgehead atoms. The molecule has 1 aliphatic heterocycles. The highest BCUT2D eigenvalue weighted by Crippen LogP contribution is 2.34. The minimum Gasteiger partial charge on any atom is -0.497 e. The number of hydrogen-bond acceptors (Lipinski definition) is 5. The van der Waals surface area contributed by atoms with Crippen molar-refractivity contribution in [2.24, 2.45) is 0 Å². The Morgan fingerprint density at radius 2 is 1.90 bits per heavy atom. The molecule has 0 aromatic heterocycles. The van der Waals surface area contributed by atoms with Crippen LogP contribution in [0.4, 0.5) is 11.4 Å². The van der Waals surface area contributed by atoms with Gasteiger partial charge in [-0.2, -0.15) is 0 Å². The quantitative estimate of drug-likeness (QED) is 0.597. The molecule has 1 aliphatic rings. The Hall–Kier alpha value is -3.22. The summed E-state index contributed by atoms with van der Waals surface area (Å²) < 4.78 is 16.3. The van der Waals surface area contributed by atoms with E-state index in [9.17, 15) is 9.59 Å². The summed E-state index contributed by atoms with van der Waals surface area (Å²) in [5, 5.41) is 2.89. The third kappa shape index (κ3) is 5.65. The van der Waals surface area contributed by atoms with E-state index in [4.69, 9.17) is 14.2 Å². The normalized spacial score (nSPS) is 12.7. The lowest BCUT2D eigenvalue weighted by Crippen LogP contribution is -2.39. The second kappa shape index (κ2) is 10.5. The topological polar surface area (TPSA) is 77.1 Å². The minimum absolute atomic E-state index is 0.0522. The maximum Gasteiger partial charge on any atom is 0.265 e. The molecule has 7 heteroatoms. The lowest BCUT2D eigenvalue weighted by Gasteiger charge is -2.29. The fourth-order valence-electron chi connectivity index (χ4n) is 3.16. The molecule has 2 aromatic rings. The number of nitrogens with one attached hydrogen (secondary N) is 1. The van der Waals surface area contributed by atoms with Crippen LogP contribution in [0, 0.1) is 0 Å². The van der Waals surface area contributed by atoms with Crippen LogP contribution < -0.4 is 24.4 Å². The Morgan fingerprint density at radius 1 is 1.13 bits per heavy atom. The minimum atomic E-state index is -0.101. The van der Waals surface area contributed by atoms with Crippen LogP contribution in [-0.4, -0.2) is 38.7 Å². The van der Waals surface area contributed by atoms with Crippen molar-refractivity contribution in [3.05, 3.63) is 42.5 Å². The molecule has 3 rings (SSSR count). The number of nitrogens with zero attached hydrogens (tertiary/aromatic N) is 1. The molecule has 2 aromatic carbocycles. The van der Waals surface area contributed by atoms with Gasteiger partial charge in [0.1, 0.15) is 17.2 Å². The van der Waals surface area contributed by atoms with E-state index in [1.165, 1.54) is 0 Å². The summed E-state index contributed by atoms with van der Waals surface area (Å²) in [4.78, 5) is 26.3. The van der Waals surface area contributed by atoms with E-state index >= 15 is 0 Å². The Morgan fingerprint density at radius 3 is 2.63 bits per heavy atom. The smallest absolute Gasteiger partial charge is 0.265 e. The first-order valence-electron chi connectivity index (χ1n) is 10.2. The molecule has 0 saturated carbocycles. The molecule has 0 saturated heterocycles. The van der Waals surface area contributed by atoms with Gasteiger partial charge in [-0.15, -0.1) is 0 Å². The summed E-state index contributed by atoms with van der Waals surface area (Å²) >= 11 is 0. The van der Waals surface area contributed by atoms with E-state index in [-0.39, 0.29) is 18.4 Å². The first-order valence-corrected chi connectivity index (χ1v) is 10.2. The van der Waals surface area contributed by atoms with Crippen molar-refractivity contribution in [3.63, 3.8) is 0 Å². The van der Waals surface area contributed by atoms with E-state index in [0.29, 0.717) is 43.1 Å². The number of fused-ring (bicyclic) bond motifs is 1. The number of anilines is 2. The van der Waals surface area contributed by atoms with Gasteiger partial charge in [0.25, 0.3) is 5.91 Å². The van der Waals surface area contributed by atoms with Gasteiger partial charge in [0.2, 0.25) is 5.91 Å². The van der Waals surface area contributed by atoms with Crippen molar-refractivity contribution in [3.8, 4) is 17.2 Å². The van der Waals surface area contributed by atoms with E-state index in [2.05, 4.69) is 12.2 Å². The number of methoxy groups -OCH3 is 1. The van der Waals surface area contributed by atoms with E-state index in [0.717, 1.165) is 24.3 Å². The van der Waals surface area contributed by atoms with Crippen molar-refractivity contribution in [2.75, 3.05) is 37.1 Å². The molecule has 30 heavy (non-hydrogen) atoms. The molecule has 0 fully saturated rings. The highest BCUT2D eigenvalue weighted by atomic mass is 16.5. The summed E-state index contributed by atoms with van der Waals surface area (Å²) in [6.45, 7) is 3.22. The van der Waals surface area contributed by atoms with E-state index in [1.807, 2.05) is 24.3 Å². The zero-order valence-electron chi connectivity index (χ0n) is 17.5. The maximum atomic E-state index is 12.3. The van der Waals surface area contributed by atoms with Crippen molar-refractivity contribution in [2.45, 2.75) is 32.6 Å². The zero-order valence-corrected chi connectivity index (χ0v) is 17.5. The number of unbranched alkanes of at least 4 members (excludes halogenated alkanes) is 1. The van der Waals surface area contributed by atoms with Crippen LogP contribution in [0.5, 0.6) is 17.2 Å². The number of benzene rings is 2. The molecule has 160 valence electrons. The fourth-order valence-corrected chi connectivity index (χ4v) is 3.16. The standard InChI is InChI=1S/C23H28N2O5/c1-3-4-13-25-20-15-17(7-12-21(20)30-16-23(25)27)24-22(26)6-5-14-29-19-10-8-18(28-2)9-11-19/h7-12,15H,3-6,13-14,16H2,1-2H3,(H,24,26). The summed E-state index contributed by atoms with van der Waals surface area (Å²) in [5.41, 5.74) is 1.36. The molecule has 0 radical (unpaired) electrons. The highest BCUT2D eigenvalue weighted by Gasteiger charge is 2.25. The average Bonchev–Trinajstić information content (AvgIpc) is 2.76. The SMILES string of the molecule is CCCCN1C(=O)COc2ccc(NC(=O)CCCOc3ccc(OC)cc3)cc21. The molecule has 0 unspecified atom stereocenters. The molecule has 0 aliphatic carbocycles. The average molecular weight is 412 g/mol. The predicted octanol–water partition coefficient (Wildman–Crippen LogP) is 4.02. The van der Waals surface area contributed by atoms with Gasteiger partial charge in [0, 0.05) is 18.7 Å². The summed E-state index contributed by atoms with van der Waals surface area (Å²) in [6.07, 6.45) is 2.83. The second-order valence-corrected chi connectivity index (χ2v) is 7.05. The van der Waals surface area contributed by atoms with Gasteiger partial charge in [0.15, 0.2) is 6.61 Å². The number of amides is 2. The largest absolute Gasteiger partial charge is 0.497 e. The molecule has 0 spiro atoms. The van der Waals surface area contributed by atoms with E-state index < -0.39 is 0 Å². The first-order chi connectivity index (χ1) is 14.6. The van der Waals surface area contributed by atoms with Crippen LogP contribution in [0.25, 0.3) is 0 Å². The zero-order chi connectivity index (χ0) is 21.3. The Balaban J connectivity index is 1.50. The van der Waals surface area contributed by atoms with Crippen LogP contribution in [0.1, 0.15) is 32.6 Å². The predicted molar refractivity (Wildman–Crippen MR) is 116 cm³/mol. The van der Waals surface area contributed by atoms with Crippen LogP contribution in [0.15, 0.2) is 42.5 Å². The molecule has 0 atom stereocenters. The molecule has 1 N–H and O–H groups in total. The number of ether oxygens (including phenoxy) is 3. The molecular formula is C23H28N2O5. The molecule has 2 amide bonds. The van der Waals surface area contributed by atoms with Gasteiger partial charge in [-0.05, 0) is 55.3 Å². The second-order valence-electron chi connectivity index (χ2n) is 7.05. The van der Waals surface area contributed by atoms with Crippen LogP contribution in [0.3, 0.4) is 0 Å². The van der Waals surface area contributed by atoms with Crippen molar-refractivity contribution >= 4 is 23.2 Å². The Labute approximate surface area is 176 Å². The molecular weight excluding hydrogens is 384 g/mol.